The highest BCUT2D eigenvalue weighted by Gasteiger charge is 2.39. The maximum absolute atomic E-state index is 13.0. The summed E-state index contributed by atoms with van der Waals surface area (Å²) in [4.78, 5) is 48.5. The van der Waals surface area contributed by atoms with E-state index in [0.29, 0.717) is 18.4 Å². The molecule has 286 valence electrons. The number of ether oxygens (including phenoxy) is 1. The van der Waals surface area contributed by atoms with Gasteiger partial charge >= 0.3 is 11.9 Å². The zero-order chi connectivity index (χ0) is 39.9. The van der Waals surface area contributed by atoms with Gasteiger partial charge in [-0.15, -0.1) is 23.5 Å². The number of ketones is 2. The second-order valence-corrected chi connectivity index (χ2v) is 17.3. The first kappa shape index (κ1) is 45.3. The van der Waals surface area contributed by atoms with E-state index in [4.69, 9.17) is 9.84 Å². The SMILES string of the molecule is COC(=O)CSC1CC(C)(C)C(C=CC(C)=CC=CC(C)=CC=CC=C(C)C=CC=C(C)C=CC2=C(C)C(=O)C(SCC(=O)O)CC2(C)C)=C(C)C1=O. The Morgan fingerprint density at radius 1 is 0.660 bits per heavy atom. The lowest BCUT2D eigenvalue weighted by molar-refractivity contribution is -0.137. The molecule has 8 heteroatoms. The third kappa shape index (κ3) is 14.8. The van der Waals surface area contributed by atoms with Gasteiger partial charge in [-0.1, -0.05) is 135 Å². The van der Waals surface area contributed by atoms with Gasteiger partial charge in [0.25, 0.3) is 0 Å². The van der Waals surface area contributed by atoms with Crippen LogP contribution < -0.4 is 0 Å². The summed E-state index contributed by atoms with van der Waals surface area (Å²) in [7, 11) is 1.36. The first-order valence-electron chi connectivity index (χ1n) is 17.9. The molecular weight excluding hydrogens is 701 g/mol. The van der Waals surface area contributed by atoms with E-state index in [-0.39, 0.29) is 50.4 Å². The molecule has 0 aromatic heterocycles. The highest BCUT2D eigenvalue weighted by atomic mass is 32.2. The van der Waals surface area contributed by atoms with Crippen molar-refractivity contribution in [1.29, 1.82) is 0 Å². The summed E-state index contributed by atoms with van der Waals surface area (Å²) >= 11 is 2.57. The van der Waals surface area contributed by atoms with Crippen LogP contribution in [-0.2, 0) is 23.9 Å². The normalized spacial score (nSPS) is 22.2. The summed E-state index contributed by atoms with van der Waals surface area (Å²) in [5.74, 6) is -0.988. The lowest BCUT2D eigenvalue weighted by Gasteiger charge is -2.36. The smallest absolute Gasteiger partial charge is 0.315 e. The van der Waals surface area contributed by atoms with E-state index in [9.17, 15) is 19.2 Å². The number of carboxylic acids is 1. The second-order valence-electron chi connectivity index (χ2n) is 15.0. The molecule has 2 aliphatic rings. The van der Waals surface area contributed by atoms with Crippen molar-refractivity contribution in [2.75, 3.05) is 18.6 Å². The Morgan fingerprint density at radius 2 is 1.02 bits per heavy atom. The van der Waals surface area contributed by atoms with Crippen molar-refractivity contribution in [3.05, 3.63) is 130 Å². The van der Waals surface area contributed by atoms with Gasteiger partial charge in [0, 0.05) is 0 Å². The molecule has 2 aliphatic carbocycles. The van der Waals surface area contributed by atoms with Crippen molar-refractivity contribution >= 4 is 47.0 Å². The summed E-state index contributed by atoms with van der Waals surface area (Å²) in [6.45, 7) is 20.4. The topological polar surface area (TPSA) is 97.7 Å². The molecule has 53 heavy (non-hydrogen) atoms. The number of esters is 1. The minimum absolute atomic E-state index is 0.0275. The van der Waals surface area contributed by atoms with Crippen molar-refractivity contribution < 1.29 is 29.0 Å². The quantitative estimate of drug-likeness (QED) is 0.123. The summed E-state index contributed by atoms with van der Waals surface area (Å²) < 4.78 is 4.74. The van der Waals surface area contributed by atoms with Gasteiger partial charge in [-0.05, 0) is 87.5 Å². The minimum Gasteiger partial charge on any atom is -0.481 e. The third-order valence-electron chi connectivity index (χ3n) is 9.31. The van der Waals surface area contributed by atoms with E-state index < -0.39 is 5.97 Å². The van der Waals surface area contributed by atoms with Gasteiger partial charge in [0.1, 0.15) is 0 Å². The number of carboxylic acid groups (broad SMARTS) is 1. The van der Waals surface area contributed by atoms with Crippen LogP contribution in [0.25, 0.3) is 0 Å². The standard InChI is InChI=1S/C45H58O6S2/c1-30(18-14-20-32(3)22-24-36-34(5)42(49)38(26-44(36,7)8)52-28-40(46)47)16-12-13-17-31(2)19-15-21-33(4)23-25-37-35(6)43(50)39(27-45(37,9)10)53-29-41(48)51-11/h12-25,38-39H,26-29H2,1-11H3,(H,46,47). The predicted octanol–water partition coefficient (Wildman–Crippen LogP) is 10.6. The van der Waals surface area contributed by atoms with E-state index in [0.717, 1.165) is 39.0 Å². The van der Waals surface area contributed by atoms with Crippen LogP contribution in [0.3, 0.4) is 0 Å². The number of thioether (sulfide) groups is 2. The Hall–Kier alpha value is -3.88. The van der Waals surface area contributed by atoms with Crippen LogP contribution in [0.2, 0.25) is 0 Å². The number of carbonyl (C=O) groups is 4. The van der Waals surface area contributed by atoms with Crippen molar-refractivity contribution in [1.82, 2.24) is 0 Å². The molecule has 0 saturated carbocycles. The molecular formula is C45H58O6S2. The van der Waals surface area contributed by atoms with Gasteiger partial charge in [0.05, 0.1) is 29.1 Å². The Morgan fingerprint density at radius 3 is 1.40 bits per heavy atom. The van der Waals surface area contributed by atoms with Crippen LogP contribution in [0.1, 0.15) is 82.1 Å². The maximum atomic E-state index is 13.0. The summed E-state index contributed by atoms with van der Waals surface area (Å²) in [6, 6.07) is 0. The van der Waals surface area contributed by atoms with Gasteiger partial charge in [-0.25, -0.2) is 0 Å². The molecule has 0 bridgehead atoms. The molecule has 0 spiro atoms. The molecule has 0 aliphatic heterocycles. The maximum Gasteiger partial charge on any atom is 0.315 e. The van der Waals surface area contributed by atoms with E-state index in [1.165, 1.54) is 30.6 Å². The zero-order valence-corrected chi connectivity index (χ0v) is 35.0. The fraction of sp³-hybridized carbons (Fsp3) is 0.422. The lowest BCUT2D eigenvalue weighted by Crippen LogP contribution is -2.34. The fourth-order valence-electron chi connectivity index (χ4n) is 6.24. The molecule has 0 heterocycles. The molecule has 2 unspecified atom stereocenters. The van der Waals surface area contributed by atoms with Crippen LogP contribution in [0.15, 0.2) is 130 Å². The molecule has 6 nitrogen and oxygen atoms in total. The average Bonchev–Trinajstić information content (AvgIpc) is 3.08. The van der Waals surface area contributed by atoms with Crippen molar-refractivity contribution in [3.8, 4) is 0 Å². The van der Waals surface area contributed by atoms with Crippen LogP contribution in [0.4, 0.5) is 0 Å². The number of hydrogen-bond acceptors (Lipinski definition) is 7. The van der Waals surface area contributed by atoms with Crippen LogP contribution in [0.5, 0.6) is 0 Å². The summed E-state index contributed by atoms with van der Waals surface area (Å²) in [5, 5.41) is 8.47. The van der Waals surface area contributed by atoms with E-state index in [1.807, 2.05) is 95.4 Å². The van der Waals surface area contributed by atoms with Gasteiger partial charge in [-0.3, -0.25) is 19.2 Å². The molecule has 2 atom stereocenters. The van der Waals surface area contributed by atoms with E-state index in [1.54, 1.807) is 0 Å². The molecule has 0 fully saturated rings. The van der Waals surface area contributed by atoms with E-state index in [2.05, 4.69) is 58.9 Å². The second kappa shape index (κ2) is 21.1. The van der Waals surface area contributed by atoms with Gasteiger partial charge < -0.3 is 9.84 Å². The molecule has 0 aromatic rings. The predicted molar refractivity (Wildman–Crippen MR) is 225 cm³/mol. The third-order valence-corrected chi connectivity index (χ3v) is 11.7. The number of hydrogen-bond donors (Lipinski definition) is 1. The largest absolute Gasteiger partial charge is 0.481 e. The Balaban J connectivity index is 1.97. The summed E-state index contributed by atoms with van der Waals surface area (Å²) in [6.07, 6.45) is 29.8. The first-order valence-corrected chi connectivity index (χ1v) is 20.0. The zero-order valence-electron chi connectivity index (χ0n) is 33.4. The van der Waals surface area contributed by atoms with Gasteiger partial charge in [0.15, 0.2) is 11.6 Å². The van der Waals surface area contributed by atoms with Crippen LogP contribution >= 0.6 is 23.5 Å². The van der Waals surface area contributed by atoms with E-state index >= 15 is 0 Å². The Kier molecular flexibility index (Phi) is 18.0. The molecule has 0 amide bonds. The number of Topliss-reactive ketones (excluding diaryl/α,β-unsaturated/α-hetero) is 2. The Labute approximate surface area is 326 Å². The number of rotatable bonds is 16. The molecule has 0 radical (unpaired) electrons. The number of methoxy groups -OCH3 is 1. The number of carbonyl (C=O) groups excluding carboxylic acids is 3. The van der Waals surface area contributed by atoms with Crippen molar-refractivity contribution in [2.45, 2.75) is 92.6 Å². The molecule has 1 N–H and O–H groups in total. The highest BCUT2D eigenvalue weighted by molar-refractivity contribution is 8.01. The monoisotopic (exact) mass is 758 g/mol. The minimum atomic E-state index is -0.900. The summed E-state index contributed by atoms with van der Waals surface area (Å²) in [5.41, 5.74) is 7.43. The van der Waals surface area contributed by atoms with Gasteiger partial charge in [-0.2, -0.15) is 0 Å². The average molecular weight is 759 g/mol. The van der Waals surface area contributed by atoms with Gasteiger partial charge in [0.2, 0.25) is 0 Å². The number of aliphatic carboxylic acids is 1. The van der Waals surface area contributed by atoms with Crippen molar-refractivity contribution in [3.63, 3.8) is 0 Å². The first-order chi connectivity index (χ1) is 24.8. The molecule has 0 saturated heterocycles. The van der Waals surface area contributed by atoms with Crippen LogP contribution in [-0.4, -0.2) is 57.7 Å². The number of allylic oxidation sites excluding steroid dienone is 22. The van der Waals surface area contributed by atoms with Crippen LogP contribution in [0, 0.1) is 10.8 Å². The Bertz CT molecular complexity index is 1750. The lowest BCUT2D eigenvalue weighted by atomic mass is 9.72. The fourth-order valence-corrected chi connectivity index (χ4v) is 8.76. The molecule has 0 aromatic carbocycles. The van der Waals surface area contributed by atoms with Crippen molar-refractivity contribution in [2.24, 2.45) is 10.8 Å². The highest BCUT2D eigenvalue weighted by Crippen LogP contribution is 2.44. The molecule has 2 rings (SSSR count).